The van der Waals surface area contributed by atoms with E-state index in [2.05, 4.69) is 9.97 Å². The average molecular weight is 328 g/mol. The van der Waals surface area contributed by atoms with Crippen molar-refractivity contribution < 1.29 is 14.0 Å². The molecule has 6 nitrogen and oxygen atoms in total. The summed E-state index contributed by atoms with van der Waals surface area (Å²) >= 11 is 0. The van der Waals surface area contributed by atoms with E-state index in [1.54, 1.807) is 23.4 Å². The fraction of sp³-hybridized carbons (Fsp3) is 0.294. The summed E-state index contributed by atoms with van der Waals surface area (Å²) in [6.07, 6.45) is 4.67. The van der Waals surface area contributed by atoms with Gasteiger partial charge in [-0.25, -0.2) is 14.4 Å². The topological polar surface area (TPSA) is 66.4 Å². The number of likely N-dealkylation sites (tertiary alicyclic amines) is 1. The first kappa shape index (κ1) is 16.0. The van der Waals surface area contributed by atoms with E-state index < -0.39 is 11.7 Å². The van der Waals surface area contributed by atoms with Crippen LogP contribution in [0.5, 0.6) is 0 Å². The molecule has 7 heteroatoms. The molecule has 1 aromatic heterocycles. The van der Waals surface area contributed by atoms with E-state index in [4.69, 9.17) is 0 Å². The summed E-state index contributed by atoms with van der Waals surface area (Å²) in [7, 11) is 1.88. The van der Waals surface area contributed by atoms with Crippen LogP contribution in [-0.4, -0.2) is 53.2 Å². The van der Waals surface area contributed by atoms with Gasteiger partial charge in [0.15, 0.2) is 0 Å². The van der Waals surface area contributed by atoms with Crippen molar-refractivity contribution in [2.75, 3.05) is 25.0 Å². The van der Waals surface area contributed by atoms with E-state index in [9.17, 15) is 14.0 Å². The van der Waals surface area contributed by atoms with Crippen LogP contribution in [0.2, 0.25) is 0 Å². The van der Waals surface area contributed by atoms with Crippen LogP contribution < -0.4 is 4.90 Å². The first-order valence-corrected chi connectivity index (χ1v) is 7.64. The van der Waals surface area contributed by atoms with E-state index in [0.29, 0.717) is 25.3 Å². The minimum absolute atomic E-state index is 0.0636. The molecule has 1 aliphatic heterocycles. The highest BCUT2D eigenvalue weighted by Gasteiger charge is 2.31. The zero-order valence-corrected chi connectivity index (χ0v) is 13.2. The number of aromatic nitrogens is 2. The normalized spacial score (nSPS) is 16.9. The number of carbonyl (C=O) groups is 2. The number of nitrogens with zero attached hydrogens (tertiary/aromatic N) is 4. The number of rotatable bonds is 4. The van der Waals surface area contributed by atoms with Gasteiger partial charge in [0.1, 0.15) is 12.1 Å². The van der Waals surface area contributed by atoms with Crippen molar-refractivity contribution in [1.82, 2.24) is 14.9 Å². The maximum atomic E-state index is 13.9. The van der Waals surface area contributed by atoms with E-state index in [1.807, 2.05) is 11.9 Å². The van der Waals surface area contributed by atoms with Gasteiger partial charge in [-0.3, -0.25) is 9.59 Å². The molecule has 0 aliphatic carbocycles. The van der Waals surface area contributed by atoms with E-state index in [-0.39, 0.29) is 17.2 Å². The van der Waals surface area contributed by atoms with Gasteiger partial charge in [-0.2, -0.15) is 0 Å². The lowest BCUT2D eigenvalue weighted by molar-refractivity contribution is 0.0786. The predicted octanol–water partition coefficient (Wildman–Crippen LogP) is 1.78. The van der Waals surface area contributed by atoms with Crippen molar-refractivity contribution in [3.63, 3.8) is 0 Å². The Morgan fingerprint density at radius 3 is 2.83 bits per heavy atom. The third kappa shape index (κ3) is 3.10. The Kier molecular flexibility index (Phi) is 4.50. The lowest BCUT2D eigenvalue weighted by Crippen LogP contribution is -2.37. The van der Waals surface area contributed by atoms with E-state index in [1.165, 1.54) is 12.1 Å². The maximum Gasteiger partial charge on any atom is 0.256 e. The smallest absolute Gasteiger partial charge is 0.256 e. The number of benzene rings is 1. The molecule has 0 bridgehead atoms. The monoisotopic (exact) mass is 328 g/mol. The number of likely N-dealkylation sites (N-methyl/N-ethyl adjacent to an activating group) is 1. The summed E-state index contributed by atoms with van der Waals surface area (Å²) in [6.45, 7) is 0.976. The van der Waals surface area contributed by atoms with Crippen LogP contribution in [0.25, 0.3) is 0 Å². The third-order valence-electron chi connectivity index (χ3n) is 4.22. The van der Waals surface area contributed by atoms with Crippen LogP contribution in [-0.2, 0) is 0 Å². The van der Waals surface area contributed by atoms with Gasteiger partial charge in [0.25, 0.3) is 5.91 Å². The summed E-state index contributed by atoms with van der Waals surface area (Å²) in [4.78, 5) is 35.3. The molecule has 1 atom stereocenters. The van der Waals surface area contributed by atoms with Crippen molar-refractivity contribution in [2.45, 2.75) is 12.5 Å². The van der Waals surface area contributed by atoms with Crippen molar-refractivity contribution in [3.05, 3.63) is 53.6 Å². The molecular formula is C17H17FN4O2. The zero-order chi connectivity index (χ0) is 17.1. The van der Waals surface area contributed by atoms with Crippen LogP contribution in [0, 0.1) is 5.82 Å². The molecule has 1 amide bonds. The Balaban J connectivity index is 1.74. The first-order valence-electron chi connectivity index (χ1n) is 7.64. The number of hydrogen-bond acceptors (Lipinski definition) is 5. The predicted molar refractivity (Wildman–Crippen MR) is 86.5 cm³/mol. The molecule has 2 heterocycles. The second-order valence-corrected chi connectivity index (χ2v) is 5.71. The molecular weight excluding hydrogens is 311 g/mol. The summed E-state index contributed by atoms with van der Waals surface area (Å²) in [5.41, 5.74) is 0.212. The summed E-state index contributed by atoms with van der Waals surface area (Å²) in [5, 5.41) is 0. The molecule has 0 spiro atoms. The highest BCUT2D eigenvalue weighted by molar-refractivity contribution is 5.96. The molecule has 1 unspecified atom stereocenters. The van der Waals surface area contributed by atoms with Crippen molar-refractivity contribution in [3.8, 4) is 0 Å². The summed E-state index contributed by atoms with van der Waals surface area (Å²) in [5.74, 6) is -0.430. The lowest BCUT2D eigenvalue weighted by Gasteiger charge is -2.24. The van der Waals surface area contributed by atoms with Crippen LogP contribution in [0.3, 0.4) is 0 Å². The van der Waals surface area contributed by atoms with Gasteiger partial charge >= 0.3 is 0 Å². The summed E-state index contributed by atoms with van der Waals surface area (Å²) in [6, 6.07) is 5.60. The Labute approximate surface area is 138 Å². The Morgan fingerprint density at radius 1 is 1.38 bits per heavy atom. The fourth-order valence-corrected chi connectivity index (χ4v) is 2.83. The van der Waals surface area contributed by atoms with Gasteiger partial charge in [-0.05, 0) is 30.7 Å². The second-order valence-electron chi connectivity index (χ2n) is 5.71. The fourth-order valence-electron chi connectivity index (χ4n) is 2.83. The lowest BCUT2D eigenvalue weighted by atomic mass is 10.1. The zero-order valence-electron chi connectivity index (χ0n) is 13.2. The van der Waals surface area contributed by atoms with Crippen LogP contribution in [0.1, 0.15) is 27.1 Å². The number of amides is 1. The van der Waals surface area contributed by atoms with Crippen LogP contribution >= 0.6 is 0 Å². The highest BCUT2D eigenvalue weighted by Crippen LogP contribution is 2.21. The minimum Gasteiger partial charge on any atom is -0.339 e. The maximum absolute atomic E-state index is 13.9. The highest BCUT2D eigenvalue weighted by atomic mass is 19.1. The Morgan fingerprint density at radius 2 is 2.12 bits per heavy atom. The van der Waals surface area contributed by atoms with Gasteiger partial charge in [-0.15, -0.1) is 0 Å². The molecule has 24 heavy (non-hydrogen) atoms. The standard InChI is InChI=1S/C17H17FN4O2/c1-21(17-19-6-2-7-20-17)13-5-8-22(10-13)16(24)14-9-12(11-23)3-4-15(14)18/h2-4,6-7,9,11,13H,5,8,10H2,1H3. The van der Waals surface area contributed by atoms with E-state index >= 15 is 0 Å². The molecule has 124 valence electrons. The SMILES string of the molecule is CN(c1ncccn1)C1CCN(C(=O)c2cc(C=O)ccc2F)C1. The quantitative estimate of drug-likeness (QED) is 0.801. The van der Waals surface area contributed by atoms with E-state index in [0.717, 1.165) is 12.5 Å². The van der Waals surface area contributed by atoms with Gasteiger partial charge in [-0.1, -0.05) is 0 Å². The third-order valence-corrected chi connectivity index (χ3v) is 4.22. The first-order chi connectivity index (χ1) is 11.6. The largest absolute Gasteiger partial charge is 0.339 e. The molecule has 1 aromatic carbocycles. The molecule has 0 saturated carbocycles. The van der Waals surface area contributed by atoms with Crippen LogP contribution in [0.4, 0.5) is 10.3 Å². The van der Waals surface area contributed by atoms with Crippen molar-refractivity contribution >= 4 is 18.1 Å². The molecule has 3 rings (SSSR count). The second kappa shape index (κ2) is 6.74. The van der Waals surface area contributed by atoms with Gasteiger partial charge < -0.3 is 9.80 Å². The molecule has 1 saturated heterocycles. The number of halogens is 1. The van der Waals surface area contributed by atoms with Crippen molar-refractivity contribution in [2.24, 2.45) is 0 Å². The van der Waals surface area contributed by atoms with Gasteiger partial charge in [0, 0.05) is 38.1 Å². The Hall–Kier alpha value is -2.83. The number of hydrogen-bond donors (Lipinski definition) is 0. The number of aldehydes is 1. The number of anilines is 1. The van der Waals surface area contributed by atoms with Gasteiger partial charge in [0.2, 0.25) is 5.95 Å². The molecule has 0 N–H and O–H groups in total. The van der Waals surface area contributed by atoms with Crippen molar-refractivity contribution in [1.29, 1.82) is 0 Å². The van der Waals surface area contributed by atoms with Crippen LogP contribution in [0.15, 0.2) is 36.7 Å². The Bertz CT molecular complexity index is 754. The molecule has 0 radical (unpaired) electrons. The summed E-state index contributed by atoms with van der Waals surface area (Å²) < 4.78 is 13.9. The average Bonchev–Trinajstić information content (AvgIpc) is 3.12. The molecule has 2 aromatic rings. The van der Waals surface area contributed by atoms with Gasteiger partial charge in [0.05, 0.1) is 11.6 Å². The molecule has 1 fully saturated rings. The molecule has 1 aliphatic rings. The minimum atomic E-state index is -0.617. The number of carbonyl (C=O) groups excluding carboxylic acids is 2.